The van der Waals surface area contributed by atoms with Crippen LogP contribution in [0.4, 0.5) is 0 Å². The minimum Gasteiger partial charge on any atom is -0.490 e. The van der Waals surface area contributed by atoms with E-state index in [0.29, 0.717) is 18.6 Å². The molecule has 5 nitrogen and oxygen atoms in total. The van der Waals surface area contributed by atoms with Crippen molar-refractivity contribution in [3.8, 4) is 5.75 Å². The van der Waals surface area contributed by atoms with E-state index < -0.39 is 0 Å². The molecule has 2 aromatic carbocycles. The van der Waals surface area contributed by atoms with E-state index in [1.807, 2.05) is 6.92 Å². The Morgan fingerprint density at radius 3 is 2.42 bits per heavy atom. The van der Waals surface area contributed by atoms with Crippen molar-refractivity contribution < 1.29 is 19.0 Å². The number of nitrogens with zero attached hydrogens (tertiary/aromatic N) is 1. The molecule has 1 saturated carbocycles. The highest BCUT2D eigenvalue weighted by Gasteiger charge is 2.26. The number of benzene rings is 2. The molecule has 0 unspecified atom stereocenters. The summed E-state index contributed by atoms with van der Waals surface area (Å²) in [4.78, 5) is 14.4. The summed E-state index contributed by atoms with van der Waals surface area (Å²) in [7, 11) is 0. The predicted octanol–water partition coefficient (Wildman–Crippen LogP) is 6.62. The number of carbonyl (C=O) groups is 1. The van der Waals surface area contributed by atoms with E-state index in [9.17, 15) is 4.79 Å². The Balaban J connectivity index is 1.22. The zero-order valence-corrected chi connectivity index (χ0v) is 22.5. The number of hydrogen-bond acceptors (Lipinski definition) is 5. The smallest absolute Gasteiger partial charge is 0.309 e. The normalized spacial score (nSPS) is 21.7. The monoisotopic (exact) mass is 495 g/mol. The fourth-order valence-electron chi connectivity index (χ4n) is 5.59. The van der Waals surface area contributed by atoms with Gasteiger partial charge in [-0.05, 0) is 111 Å². The molecule has 0 N–H and O–H groups in total. The minimum atomic E-state index is -0.0272. The first kappa shape index (κ1) is 26.9. The maximum Gasteiger partial charge on any atom is 0.309 e. The fourth-order valence-corrected chi connectivity index (χ4v) is 5.59. The average molecular weight is 496 g/mol. The molecule has 1 aliphatic heterocycles. The lowest BCUT2D eigenvalue weighted by Gasteiger charge is -2.30. The van der Waals surface area contributed by atoms with Crippen molar-refractivity contribution in [3.63, 3.8) is 0 Å². The van der Waals surface area contributed by atoms with Gasteiger partial charge in [0.1, 0.15) is 5.75 Å². The Morgan fingerprint density at radius 2 is 1.69 bits per heavy atom. The molecule has 4 rings (SSSR count). The van der Waals surface area contributed by atoms with Crippen molar-refractivity contribution in [1.82, 2.24) is 4.90 Å². The van der Waals surface area contributed by atoms with Gasteiger partial charge in [0, 0.05) is 19.8 Å². The van der Waals surface area contributed by atoms with Crippen molar-refractivity contribution in [3.05, 3.63) is 42.0 Å². The van der Waals surface area contributed by atoms with Crippen LogP contribution in [0.3, 0.4) is 0 Å². The standard InChI is InChI=1S/C31H45NO4/c1-4-35-31(33)26-13-16-32(17-14-26)21-25-5-8-28-20-30(12-9-27(28)19-25)36-29-10-6-24(7-11-29)15-18-34-22-23(2)3/h5,8-9,12,19-20,23-24,26,29H,4,6-7,10-11,13-18,21-22H2,1-3H3. The molecule has 0 bridgehead atoms. The SMILES string of the molecule is CCOC(=O)C1CCN(Cc2ccc3cc(OC4CCC(CCOCC(C)C)CC4)ccc3c2)CC1. The maximum atomic E-state index is 12.0. The van der Waals surface area contributed by atoms with Crippen molar-refractivity contribution in [2.75, 3.05) is 32.9 Å². The second kappa shape index (κ2) is 13.4. The van der Waals surface area contributed by atoms with E-state index in [-0.39, 0.29) is 11.9 Å². The van der Waals surface area contributed by atoms with E-state index in [1.54, 1.807) is 0 Å². The number of carbonyl (C=O) groups excluding carboxylic acids is 1. The second-order valence-corrected chi connectivity index (χ2v) is 11.2. The van der Waals surface area contributed by atoms with Crippen molar-refractivity contribution in [2.45, 2.75) is 78.4 Å². The zero-order chi connectivity index (χ0) is 25.3. The van der Waals surface area contributed by atoms with E-state index >= 15 is 0 Å². The third-order valence-electron chi connectivity index (χ3n) is 7.71. The van der Waals surface area contributed by atoms with Gasteiger partial charge in [-0.2, -0.15) is 0 Å². The van der Waals surface area contributed by atoms with Crippen molar-refractivity contribution in [1.29, 1.82) is 0 Å². The molecule has 2 aliphatic rings. The molecule has 0 atom stereocenters. The number of piperidine rings is 1. The summed E-state index contributed by atoms with van der Waals surface area (Å²) < 4.78 is 17.4. The van der Waals surface area contributed by atoms with Crippen LogP contribution in [0, 0.1) is 17.8 Å². The molecular formula is C31H45NO4. The van der Waals surface area contributed by atoms with Crippen LogP contribution in [-0.2, 0) is 20.8 Å². The molecule has 198 valence electrons. The third kappa shape index (κ3) is 7.94. The van der Waals surface area contributed by atoms with Crippen LogP contribution < -0.4 is 4.74 Å². The molecule has 36 heavy (non-hydrogen) atoms. The molecule has 2 fully saturated rings. The van der Waals surface area contributed by atoms with Gasteiger partial charge >= 0.3 is 5.97 Å². The molecule has 0 amide bonds. The molecule has 0 spiro atoms. The van der Waals surface area contributed by atoms with E-state index in [2.05, 4.69) is 55.1 Å². The topological polar surface area (TPSA) is 48.0 Å². The van der Waals surface area contributed by atoms with Crippen LogP contribution in [0.1, 0.15) is 71.3 Å². The highest BCUT2D eigenvalue weighted by molar-refractivity contribution is 5.84. The van der Waals surface area contributed by atoms with Crippen molar-refractivity contribution in [2.24, 2.45) is 17.8 Å². The van der Waals surface area contributed by atoms with Gasteiger partial charge in [0.15, 0.2) is 0 Å². The number of likely N-dealkylation sites (tertiary alicyclic amines) is 1. The van der Waals surface area contributed by atoms with Crippen LogP contribution >= 0.6 is 0 Å². The average Bonchev–Trinajstić information content (AvgIpc) is 2.88. The summed E-state index contributed by atoms with van der Waals surface area (Å²) in [5.74, 6) is 2.42. The van der Waals surface area contributed by atoms with Crippen LogP contribution in [0.5, 0.6) is 5.75 Å². The molecule has 0 radical (unpaired) electrons. The maximum absolute atomic E-state index is 12.0. The molecule has 1 aliphatic carbocycles. The van der Waals surface area contributed by atoms with Gasteiger partial charge in [-0.1, -0.05) is 32.0 Å². The Morgan fingerprint density at radius 1 is 0.972 bits per heavy atom. The van der Waals surface area contributed by atoms with Gasteiger partial charge in [0.2, 0.25) is 0 Å². The number of ether oxygens (including phenoxy) is 3. The number of esters is 1. The Bertz CT molecular complexity index is 958. The molecule has 2 aromatic rings. The minimum absolute atomic E-state index is 0.0272. The quantitative estimate of drug-likeness (QED) is 0.259. The Kier molecular flexibility index (Phi) is 10.1. The molecule has 1 heterocycles. The highest BCUT2D eigenvalue weighted by Crippen LogP contribution is 2.31. The van der Waals surface area contributed by atoms with Gasteiger partial charge in [-0.25, -0.2) is 0 Å². The zero-order valence-electron chi connectivity index (χ0n) is 22.5. The summed E-state index contributed by atoms with van der Waals surface area (Å²) in [5, 5.41) is 2.49. The van der Waals surface area contributed by atoms with E-state index in [1.165, 1.54) is 35.6 Å². The molecule has 5 heteroatoms. The van der Waals surface area contributed by atoms with Gasteiger partial charge < -0.3 is 14.2 Å². The Labute approximate surface area is 217 Å². The molecule has 1 saturated heterocycles. The second-order valence-electron chi connectivity index (χ2n) is 11.2. The van der Waals surface area contributed by atoms with Crippen molar-refractivity contribution >= 4 is 16.7 Å². The van der Waals surface area contributed by atoms with Crippen LogP contribution in [0.2, 0.25) is 0 Å². The Hall–Kier alpha value is -2.11. The van der Waals surface area contributed by atoms with Crippen LogP contribution in [0.15, 0.2) is 36.4 Å². The lowest BCUT2D eigenvalue weighted by atomic mass is 9.85. The van der Waals surface area contributed by atoms with Gasteiger partial charge in [0.05, 0.1) is 18.6 Å². The summed E-state index contributed by atoms with van der Waals surface area (Å²) in [6.07, 6.45) is 8.04. The summed E-state index contributed by atoms with van der Waals surface area (Å²) in [6.45, 7) is 11.3. The van der Waals surface area contributed by atoms with Gasteiger partial charge in [0.25, 0.3) is 0 Å². The first-order chi connectivity index (χ1) is 17.5. The van der Waals surface area contributed by atoms with Gasteiger partial charge in [-0.3, -0.25) is 9.69 Å². The number of hydrogen-bond donors (Lipinski definition) is 0. The predicted molar refractivity (Wildman–Crippen MR) is 145 cm³/mol. The number of rotatable bonds is 11. The fraction of sp³-hybridized carbons (Fsp3) is 0.645. The molecular weight excluding hydrogens is 450 g/mol. The number of fused-ring (bicyclic) bond motifs is 1. The first-order valence-electron chi connectivity index (χ1n) is 14.2. The van der Waals surface area contributed by atoms with E-state index in [4.69, 9.17) is 14.2 Å². The van der Waals surface area contributed by atoms with Crippen LogP contribution in [-0.4, -0.2) is 49.9 Å². The van der Waals surface area contributed by atoms with Crippen LogP contribution in [0.25, 0.3) is 10.8 Å². The molecule has 0 aromatic heterocycles. The largest absolute Gasteiger partial charge is 0.490 e. The lowest BCUT2D eigenvalue weighted by Crippen LogP contribution is -2.36. The highest BCUT2D eigenvalue weighted by atomic mass is 16.5. The van der Waals surface area contributed by atoms with E-state index in [0.717, 1.165) is 70.2 Å². The summed E-state index contributed by atoms with van der Waals surface area (Å²) >= 11 is 0. The first-order valence-corrected chi connectivity index (χ1v) is 14.2. The van der Waals surface area contributed by atoms with Gasteiger partial charge in [-0.15, -0.1) is 0 Å². The summed E-state index contributed by atoms with van der Waals surface area (Å²) in [5.41, 5.74) is 1.32. The summed E-state index contributed by atoms with van der Waals surface area (Å²) in [6, 6.07) is 13.3. The third-order valence-corrected chi connectivity index (χ3v) is 7.71. The lowest BCUT2D eigenvalue weighted by molar-refractivity contribution is -0.149.